The first-order valence-corrected chi connectivity index (χ1v) is 6.16. The van der Waals surface area contributed by atoms with Crippen LogP contribution in [0.5, 0.6) is 0 Å². The number of nitrogens with zero attached hydrogens (tertiary/aromatic N) is 1. The number of carboxylic acid groups (broad SMARTS) is 1. The minimum atomic E-state index is -0.707. The van der Waals surface area contributed by atoms with Gasteiger partial charge in [0.2, 0.25) is 0 Å². The summed E-state index contributed by atoms with van der Waals surface area (Å²) in [6.45, 7) is 4.49. The minimum absolute atomic E-state index is 0.341. The Hall–Kier alpha value is -0.610. The fourth-order valence-corrected chi connectivity index (χ4v) is 2.29. The van der Waals surface area contributed by atoms with Gasteiger partial charge in [0.05, 0.1) is 6.61 Å². The average molecular weight is 229 g/mol. The van der Waals surface area contributed by atoms with E-state index in [4.69, 9.17) is 9.84 Å². The Morgan fingerprint density at radius 1 is 1.62 bits per heavy atom. The minimum Gasteiger partial charge on any atom is -0.480 e. The second-order valence-corrected chi connectivity index (χ2v) is 4.67. The van der Waals surface area contributed by atoms with Crippen molar-refractivity contribution in [3.8, 4) is 0 Å². The third kappa shape index (κ3) is 4.10. The molecule has 0 aromatic heterocycles. The molecule has 16 heavy (non-hydrogen) atoms. The molecule has 1 aliphatic heterocycles. The van der Waals surface area contributed by atoms with Crippen molar-refractivity contribution in [3.05, 3.63) is 0 Å². The van der Waals surface area contributed by atoms with Crippen LogP contribution < -0.4 is 0 Å². The standard InChI is InChI=1S/C12H23NO3/c1-3-5-11(12(14)15)13(2)8-10-6-4-7-16-9-10/h10-11H,3-9H2,1-2H3,(H,14,15). The molecule has 0 radical (unpaired) electrons. The summed E-state index contributed by atoms with van der Waals surface area (Å²) >= 11 is 0. The zero-order valence-corrected chi connectivity index (χ0v) is 10.3. The predicted octanol–water partition coefficient (Wildman–Crippen LogP) is 1.60. The van der Waals surface area contributed by atoms with Crippen LogP contribution in [0.25, 0.3) is 0 Å². The lowest BCUT2D eigenvalue weighted by molar-refractivity contribution is -0.143. The van der Waals surface area contributed by atoms with Gasteiger partial charge in [-0.15, -0.1) is 0 Å². The molecule has 4 heteroatoms. The Bertz CT molecular complexity index is 214. The molecular formula is C12H23NO3. The highest BCUT2D eigenvalue weighted by Crippen LogP contribution is 2.16. The van der Waals surface area contributed by atoms with Crippen LogP contribution in [0.15, 0.2) is 0 Å². The van der Waals surface area contributed by atoms with Crippen molar-refractivity contribution in [1.29, 1.82) is 0 Å². The van der Waals surface area contributed by atoms with E-state index in [1.54, 1.807) is 0 Å². The third-order valence-electron chi connectivity index (χ3n) is 3.18. The molecule has 0 aromatic carbocycles. The molecule has 0 bridgehead atoms. The van der Waals surface area contributed by atoms with Gasteiger partial charge in [0.25, 0.3) is 0 Å². The zero-order chi connectivity index (χ0) is 12.0. The maximum Gasteiger partial charge on any atom is 0.320 e. The molecule has 1 aliphatic rings. The van der Waals surface area contributed by atoms with Crippen molar-refractivity contribution >= 4 is 5.97 Å². The lowest BCUT2D eigenvalue weighted by atomic mass is 10.0. The molecule has 94 valence electrons. The van der Waals surface area contributed by atoms with E-state index >= 15 is 0 Å². The lowest BCUT2D eigenvalue weighted by Crippen LogP contribution is -2.42. The molecule has 0 saturated carbocycles. The number of aliphatic carboxylic acids is 1. The Balaban J connectivity index is 2.40. The number of hydrogen-bond acceptors (Lipinski definition) is 3. The van der Waals surface area contributed by atoms with E-state index in [9.17, 15) is 4.79 Å². The van der Waals surface area contributed by atoms with Crippen LogP contribution in [0.3, 0.4) is 0 Å². The van der Waals surface area contributed by atoms with Gasteiger partial charge in [-0.1, -0.05) is 13.3 Å². The van der Waals surface area contributed by atoms with E-state index in [1.165, 1.54) is 0 Å². The number of carbonyl (C=O) groups is 1. The molecule has 1 saturated heterocycles. The Kier molecular flexibility index (Phi) is 5.77. The summed E-state index contributed by atoms with van der Waals surface area (Å²) in [4.78, 5) is 13.1. The molecule has 1 N–H and O–H groups in total. The lowest BCUT2D eigenvalue weighted by Gasteiger charge is -2.30. The molecule has 1 heterocycles. The fourth-order valence-electron chi connectivity index (χ4n) is 2.29. The van der Waals surface area contributed by atoms with Gasteiger partial charge >= 0.3 is 5.97 Å². The molecular weight excluding hydrogens is 206 g/mol. The van der Waals surface area contributed by atoms with Gasteiger partial charge in [0.1, 0.15) is 6.04 Å². The van der Waals surface area contributed by atoms with Gasteiger partial charge in [-0.3, -0.25) is 9.69 Å². The van der Waals surface area contributed by atoms with Crippen molar-refractivity contribution < 1.29 is 14.6 Å². The summed E-state index contributed by atoms with van der Waals surface area (Å²) < 4.78 is 5.41. The van der Waals surface area contributed by atoms with Gasteiger partial charge in [-0.25, -0.2) is 0 Å². The Morgan fingerprint density at radius 3 is 2.88 bits per heavy atom. The van der Waals surface area contributed by atoms with Crippen LogP contribution in [0, 0.1) is 5.92 Å². The van der Waals surface area contributed by atoms with Gasteiger partial charge in [0, 0.05) is 13.2 Å². The maximum absolute atomic E-state index is 11.1. The van der Waals surface area contributed by atoms with Crippen LogP contribution in [0.1, 0.15) is 32.6 Å². The van der Waals surface area contributed by atoms with Gasteiger partial charge in [-0.2, -0.15) is 0 Å². The van der Waals surface area contributed by atoms with E-state index < -0.39 is 5.97 Å². The SMILES string of the molecule is CCCC(C(=O)O)N(C)CC1CCCOC1. The van der Waals surface area contributed by atoms with E-state index in [0.717, 1.165) is 45.4 Å². The second-order valence-electron chi connectivity index (χ2n) is 4.67. The first-order valence-electron chi connectivity index (χ1n) is 6.16. The van der Waals surface area contributed by atoms with E-state index in [2.05, 4.69) is 0 Å². The molecule has 1 rings (SSSR count). The highest BCUT2D eigenvalue weighted by atomic mass is 16.5. The summed E-state index contributed by atoms with van der Waals surface area (Å²) in [5, 5.41) is 9.13. The normalized spacial score (nSPS) is 23.3. The quantitative estimate of drug-likeness (QED) is 0.751. The zero-order valence-electron chi connectivity index (χ0n) is 10.3. The third-order valence-corrected chi connectivity index (χ3v) is 3.18. The molecule has 0 aromatic rings. The average Bonchev–Trinajstić information content (AvgIpc) is 2.26. The highest BCUT2D eigenvalue weighted by Gasteiger charge is 2.24. The van der Waals surface area contributed by atoms with Crippen molar-refractivity contribution in [2.24, 2.45) is 5.92 Å². The first-order chi connectivity index (χ1) is 7.65. The summed E-state index contributed by atoms with van der Waals surface area (Å²) in [7, 11) is 1.91. The molecule has 1 fully saturated rings. The molecule has 0 amide bonds. The highest BCUT2D eigenvalue weighted by molar-refractivity contribution is 5.73. The molecule has 4 nitrogen and oxygen atoms in total. The Labute approximate surface area is 97.6 Å². The maximum atomic E-state index is 11.1. The van der Waals surface area contributed by atoms with E-state index in [0.29, 0.717) is 5.92 Å². The topological polar surface area (TPSA) is 49.8 Å². The number of rotatable bonds is 6. The van der Waals surface area contributed by atoms with Gasteiger partial charge < -0.3 is 9.84 Å². The van der Waals surface area contributed by atoms with Crippen molar-refractivity contribution in [3.63, 3.8) is 0 Å². The van der Waals surface area contributed by atoms with Crippen molar-refractivity contribution in [2.45, 2.75) is 38.6 Å². The van der Waals surface area contributed by atoms with Gasteiger partial charge in [-0.05, 0) is 32.2 Å². The number of carboxylic acids is 1. The van der Waals surface area contributed by atoms with Crippen LogP contribution in [-0.4, -0.2) is 48.8 Å². The first kappa shape index (κ1) is 13.5. The molecule has 2 unspecified atom stereocenters. The molecule has 0 aliphatic carbocycles. The summed E-state index contributed by atoms with van der Waals surface area (Å²) in [5.41, 5.74) is 0. The van der Waals surface area contributed by atoms with Crippen LogP contribution >= 0.6 is 0 Å². The monoisotopic (exact) mass is 229 g/mol. The van der Waals surface area contributed by atoms with Gasteiger partial charge in [0.15, 0.2) is 0 Å². The number of ether oxygens (including phenoxy) is 1. The molecule has 2 atom stereocenters. The van der Waals surface area contributed by atoms with Crippen LogP contribution in [0.4, 0.5) is 0 Å². The number of hydrogen-bond donors (Lipinski definition) is 1. The van der Waals surface area contributed by atoms with Crippen molar-refractivity contribution in [1.82, 2.24) is 4.90 Å². The smallest absolute Gasteiger partial charge is 0.320 e. The predicted molar refractivity (Wildman–Crippen MR) is 62.5 cm³/mol. The number of likely N-dealkylation sites (N-methyl/N-ethyl adjacent to an activating group) is 1. The summed E-state index contributed by atoms with van der Waals surface area (Å²) in [6, 6.07) is -0.341. The largest absolute Gasteiger partial charge is 0.480 e. The second kappa shape index (κ2) is 6.86. The van der Waals surface area contributed by atoms with Crippen LogP contribution in [-0.2, 0) is 9.53 Å². The fraction of sp³-hybridized carbons (Fsp3) is 0.917. The van der Waals surface area contributed by atoms with Crippen molar-refractivity contribution in [2.75, 3.05) is 26.8 Å². The molecule has 0 spiro atoms. The summed E-state index contributed by atoms with van der Waals surface area (Å²) in [5.74, 6) is -0.210. The summed E-state index contributed by atoms with van der Waals surface area (Å²) in [6.07, 6.45) is 3.88. The van der Waals surface area contributed by atoms with E-state index in [-0.39, 0.29) is 6.04 Å². The Morgan fingerprint density at radius 2 is 2.38 bits per heavy atom. The van der Waals surface area contributed by atoms with E-state index in [1.807, 2.05) is 18.9 Å². The van der Waals surface area contributed by atoms with Crippen LogP contribution in [0.2, 0.25) is 0 Å².